The van der Waals surface area contributed by atoms with Gasteiger partial charge < -0.3 is 16.0 Å². The van der Waals surface area contributed by atoms with E-state index >= 15 is 0 Å². The molecule has 0 bridgehead atoms. The van der Waals surface area contributed by atoms with Crippen LogP contribution in [0, 0.1) is 13.8 Å². The third-order valence-electron chi connectivity index (χ3n) is 5.51. The van der Waals surface area contributed by atoms with Crippen LogP contribution in [0.3, 0.4) is 0 Å². The van der Waals surface area contributed by atoms with Crippen molar-refractivity contribution in [3.63, 3.8) is 0 Å². The summed E-state index contributed by atoms with van der Waals surface area (Å²) >= 11 is 0. The molecule has 1 aliphatic rings. The van der Waals surface area contributed by atoms with E-state index in [4.69, 9.17) is 0 Å². The number of rotatable bonds is 8. The van der Waals surface area contributed by atoms with Crippen molar-refractivity contribution in [3.8, 4) is 0 Å². The Bertz CT molecular complexity index is 916. The molecule has 0 radical (unpaired) electrons. The minimum atomic E-state index is -0.133. The highest BCUT2D eigenvalue weighted by Crippen LogP contribution is 2.19. The lowest BCUT2D eigenvalue weighted by atomic mass is 9.97. The van der Waals surface area contributed by atoms with Gasteiger partial charge in [0.25, 0.3) is 5.91 Å². The molecule has 0 atom stereocenters. The van der Waals surface area contributed by atoms with Gasteiger partial charge in [-0.3, -0.25) is 9.59 Å². The van der Waals surface area contributed by atoms with Crippen LogP contribution >= 0.6 is 0 Å². The molecular formula is C25H31N3O2. The summed E-state index contributed by atoms with van der Waals surface area (Å²) in [6, 6.07) is 13.0. The van der Waals surface area contributed by atoms with Gasteiger partial charge in [-0.2, -0.15) is 0 Å². The predicted octanol–water partition coefficient (Wildman–Crippen LogP) is 4.97. The summed E-state index contributed by atoms with van der Waals surface area (Å²) in [5.41, 5.74) is 6.05. The highest BCUT2D eigenvalue weighted by molar-refractivity contribution is 5.96. The summed E-state index contributed by atoms with van der Waals surface area (Å²) in [6.45, 7) is 4.95. The standard InChI is InChI=1S/C25H31N3O2/c1-18-8-11-23(16-19(18)2)27-17-24(29)28-22-12-9-21(10-13-22)25(30)26-15-14-20-6-4-3-5-7-20/h6,8-13,16,27H,3-5,7,14-15,17H2,1-2H3,(H,26,30)(H,28,29). The van der Waals surface area contributed by atoms with Crippen LogP contribution in [0.15, 0.2) is 54.1 Å². The average Bonchev–Trinajstić information content (AvgIpc) is 2.76. The van der Waals surface area contributed by atoms with E-state index in [0.29, 0.717) is 17.8 Å². The molecule has 0 saturated heterocycles. The van der Waals surface area contributed by atoms with E-state index in [2.05, 4.69) is 29.0 Å². The zero-order valence-corrected chi connectivity index (χ0v) is 17.9. The van der Waals surface area contributed by atoms with Gasteiger partial charge in [0.05, 0.1) is 6.54 Å². The summed E-state index contributed by atoms with van der Waals surface area (Å²) in [5, 5.41) is 8.96. The molecule has 0 aliphatic heterocycles. The van der Waals surface area contributed by atoms with Gasteiger partial charge in [0, 0.05) is 23.5 Å². The summed E-state index contributed by atoms with van der Waals surface area (Å²) in [5.74, 6) is -0.216. The van der Waals surface area contributed by atoms with Crippen molar-refractivity contribution in [2.45, 2.75) is 46.0 Å². The molecule has 5 heteroatoms. The van der Waals surface area contributed by atoms with Gasteiger partial charge in [0.15, 0.2) is 0 Å². The molecule has 0 spiro atoms. The second kappa shape index (κ2) is 10.6. The van der Waals surface area contributed by atoms with Crippen LogP contribution in [0.25, 0.3) is 0 Å². The number of anilines is 2. The Morgan fingerprint density at radius 3 is 2.40 bits per heavy atom. The molecule has 5 nitrogen and oxygen atoms in total. The lowest BCUT2D eigenvalue weighted by molar-refractivity contribution is -0.114. The number of carbonyl (C=O) groups is 2. The van der Waals surface area contributed by atoms with Gasteiger partial charge in [-0.05, 0) is 93.5 Å². The highest BCUT2D eigenvalue weighted by Gasteiger charge is 2.08. The zero-order chi connectivity index (χ0) is 21.3. The number of aryl methyl sites for hydroxylation is 2. The minimum absolute atomic E-state index is 0.0827. The Hall–Kier alpha value is -3.08. The molecule has 3 N–H and O–H groups in total. The Balaban J connectivity index is 1.42. The molecule has 1 aliphatic carbocycles. The van der Waals surface area contributed by atoms with Crippen LogP contribution < -0.4 is 16.0 Å². The Morgan fingerprint density at radius 1 is 0.933 bits per heavy atom. The highest BCUT2D eigenvalue weighted by atomic mass is 16.2. The van der Waals surface area contributed by atoms with Crippen LogP contribution in [0.1, 0.15) is 53.6 Å². The third-order valence-corrected chi connectivity index (χ3v) is 5.51. The number of carbonyl (C=O) groups excluding carboxylic acids is 2. The van der Waals surface area contributed by atoms with E-state index in [1.807, 2.05) is 25.1 Å². The van der Waals surface area contributed by atoms with Crippen molar-refractivity contribution in [1.82, 2.24) is 5.32 Å². The maximum Gasteiger partial charge on any atom is 0.251 e. The third kappa shape index (κ3) is 6.48. The van der Waals surface area contributed by atoms with Crippen molar-refractivity contribution in [2.75, 3.05) is 23.7 Å². The van der Waals surface area contributed by atoms with E-state index in [-0.39, 0.29) is 18.4 Å². The lowest BCUT2D eigenvalue weighted by Gasteiger charge is -2.13. The van der Waals surface area contributed by atoms with E-state index in [9.17, 15) is 9.59 Å². The first-order valence-electron chi connectivity index (χ1n) is 10.7. The van der Waals surface area contributed by atoms with Gasteiger partial charge in [-0.1, -0.05) is 17.7 Å². The smallest absolute Gasteiger partial charge is 0.251 e. The number of benzene rings is 2. The molecule has 2 amide bonds. The number of hydrogen-bond acceptors (Lipinski definition) is 3. The van der Waals surface area contributed by atoms with Gasteiger partial charge in [0.1, 0.15) is 0 Å². The normalized spacial score (nSPS) is 13.3. The molecule has 0 saturated carbocycles. The SMILES string of the molecule is Cc1ccc(NCC(=O)Nc2ccc(C(=O)NCCC3=CCCCC3)cc2)cc1C. The van der Waals surface area contributed by atoms with Gasteiger partial charge in [0.2, 0.25) is 5.91 Å². The number of allylic oxidation sites excluding steroid dienone is 1. The molecule has 30 heavy (non-hydrogen) atoms. The quantitative estimate of drug-likeness (QED) is 0.543. The van der Waals surface area contributed by atoms with Crippen molar-refractivity contribution < 1.29 is 9.59 Å². The predicted molar refractivity (Wildman–Crippen MR) is 123 cm³/mol. The van der Waals surface area contributed by atoms with Crippen LogP contribution in [-0.2, 0) is 4.79 Å². The van der Waals surface area contributed by atoms with Crippen LogP contribution in [0.2, 0.25) is 0 Å². The zero-order valence-electron chi connectivity index (χ0n) is 17.9. The average molecular weight is 406 g/mol. The van der Waals surface area contributed by atoms with Crippen molar-refractivity contribution in [2.24, 2.45) is 0 Å². The summed E-state index contributed by atoms with van der Waals surface area (Å²) in [7, 11) is 0. The fourth-order valence-electron chi connectivity index (χ4n) is 3.51. The van der Waals surface area contributed by atoms with E-state index in [1.54, 1.807) is 24.3 Å². The van der Waals surface area contributed by atoms with E-state index in [0.717, 1.165) is 24.9 Å². The van der Waals surface area contributed by atoms with Crippen LogP contribution in [0.5, 0.6) is 0 Å². The topological polar surface area (TPSA) is 70.2 Å². The first-order valence-corrected chi connectivity index (χ1v) is 10.7. The fraction of sp³-hybridized carbons (Fsp3) is 0.360. The Morgan fingerprint density at radius 2 is 1.70 bits per heavy atom. The summed E-state index contributed by atoms with van der Waals surface area (Å²) in [6.07, 6.45) is 8.09. The molecule has 0 heterocycles. The first kappa shape index (κ1) is 21.6. The monoisotopic (exact) mass is 405 g/mol. The van der Waals surface area contributed by atoms with Crippen LogP contribution in [-0.4, -0.2) is 24.9 Å². The van der Waals surface area contributed by atoms with Gasteiger partial charge >= 0.3 is 0 Å². The Kier molecular flexibility index (Phi) is 7.66. The van der Waals surface area contributed by atoms with Gasteiger partial charge in [-0.15, -0.1) is 0 Å². The second-order valence-electron chi connectivity index (χ2n) is 7.89. The molecular weight excluding hydrogens is 374 g/mol. The van der Waals surface area contributed by atoms with E-state index < -0.39 is 0 Å². The molecule has 2 aromatic carbocycles. The number of hydrogen-bond donors (Lipinski definition) is 3. The van der Waals surface area contributed by atoms with Gasteiger partial charge in [-0.25, -0.2) is 0 Å². The summed E-state index contributed by atoms with van der Waals surface area (Å²) in [4.78, 5) is 24.5. The molecule has 158 valence electrons. The maximum absolute atomic E-state index is 12.3. The number of nitrogens with one attached hydrogen (secondary N) is 3. The second-order valence-corrected chi connectivity index (χ2v) is 7.89. The molecule has 0 aromatic heterocycles. The minimum Gasteiger partial charge on any atom is -0.376 e. The molecule has 0 unspecified atom stereocenters. The van der Waals surface area contributed by atoms with Crippen LogP contribution in [0.4, 0.5) is 11.4 Å². The summed E-state index contributed by atoms with van der Waals surface area (Å²) < 4.78 is 0. The van der Waals surface area contributed by atoms with Crippen molar-refractivity contribution >= 4 is 23.2 Å². The lowest BCUT2D eigenvalue weighted by Crippen LogP contribution is -2.25. The molecule has 0 fully saturated rings. The largest absolute Gasteiger partial charge is 0.376 e. The van der Waals surface area contributed by atoms with Crippen molar-refractivity contribution in [3.05, 3.63) is 70.8 Å². The fourth-order valence-corrected chi connectivity index (χ4v) is 3.51. The molecule has 2 aromatic rings. The Labute approximate surface area is 179 Å². The van der Waals surface area contributed by atoms with Crippen molar-refractivity contribution in [1.29, 1.82) is 0 Å². The first-order chi connectivity index (χ1) is 14.5. The maximum atomic E-state index is 12.3. The number of amides is 2. The molecule has 3 rings (SSSR count). The van der Waals surface area contributed by atoms with E-state index in [1.165, 1.54) is 29.5 Å².